The minimum atomic E-state index is -0.470. The summed E-state index contributed by atoms with van der Waals surface area (Å²) in [6.45, 7) is 1.69. The number of benzene rings is 1. The van der Waals surface area contributed by atoms with E-state index in [1.807, 2.05) is 40.9 Å². The smallest absolute Gasteiger partial charge is 0.350 e. The molecule has 0 radical (unpaired) electrons. The number of nitrogens with one attached hydrogen (secondary N) is 1. The zero-order chi connectivity index (χ0) is 19.7. The lowest BCUT2D eigenvalue weighted by molar-refractivity contribution is 0.0605. The van der Waals surface area contributed by atoms with Crippen LogP contribution < -0.4 is 5.32 Å². The van der Waals surface area contributed by atoms with Gasteiger partial charge >= 0.3 is 5.97 Å². The van der Waals surface area contributed by atoms with Gasteiger partial charge in [0.15, 0.2) is 5.13 Å². The maximum absolute atomic E-state index is 12.6. The number of anilines is 1. The molecule has 0 atom stereocenters. The van der Waals surface area contributed by atoms with Crippen LogP contribution in [0.1, 0.15) is 25.7 Å². The van der Waals surface area contributed by atoms with E-state index in [2.05, 4.69) is 15.3 Å². The molecule has 0 saturated carbocycles. The summed E-state index contributed by atoms with van der Waals surface area (Å²) in [5.41, 5.74) is 3.47. The first kappa shape index (κ1) is 17.9. The highest BCUT2D eigenvalue weighted by atomic mass is 32.1. The fraction of sp³-hybridized carbons (Fsp3) is 0.100. The van der Waals surface area contributed by atoms with Crippen molar-refractivity contribution < 1.29 is 14.3 Å². The molecule has 0 aliphatic heterocycles. The van der Waals surface area contributed by atoms with Crippen LogP contribution in [0.4, 0.5) is 5.13 Å². The molecular weight excluding hydrogens is 376 g/mol. The SMILES string of the molecule is COC(=O)c1sc(NC(=O)c2ccn3cc(-c4ccccc4)nc3c2)nc1C. The molecule has 1 aromatic carbocycles. The lowest BCUT2D eigenvalue weighted by atomic mass is 10.2. The number of pyridine rings is 1. The van der Waals surface area contributed by atoms with Crippen molar-refractivity contribution in [1.82, 2.24) is 14.4 Å². The maximum atomic E-state index is 12.6. The highest BCUT2D eigenvalue weighted by Crippen LogP contribution is 2.24. The number of hydrogen-bond acceptors (Lipinski definition) is 6. The first-order valence-electron chi connectivity index (χ1n) is 8.46. The molecule has 0 unspecified atom stereocenters. The molecule has 0 fully saturated rings. The van der Waals surface area contributed by atoms with Gasteiger partial charge in [-0.3, -0.25) is 10.1 Å². The summed E-state index contributed by atoms with van der Waals surface area (Å²) in [5.74, 6) is -0.792. The Balaban J connectivity index is 1.59. The van der Waals surface area contributed by atoms with Crippen molar-refractivity contribution in [2.75, 3.05) is 12.4 Å². The number of nitrogens with zero attached hydrogens (tertiary/aromatic N) is 3. The highest BCUT2D eigenvalue weighted by Gasteiger charge is 2.18. The molecule has 4 aromatic rings. The second-order valence-electron chi connectivity index (χ2n) is 6.05. The van der Waals surface area contributed by atoms with Gasteiger partial charge < -0.3 is 9.14 Å². The average molecular weight is 392 g/mol. The zero-order valence-electron chi connectivity index (χ0n) is 15.2. The monoisotopic (exact) mass is 392 g/mol. The summed E-state index contributed by atoms with van der Waals surface area (Å²) in [6.07, 6.45) is 3.70. The molecule has 0 aliphatic carbocycles. The van der Waals surface area contributed by atoms with Gasteiger partial charge in [-0.15, -0.1) is 0 Å². The fourth-order valence-corrected chi connectivity index (χ4v) is 3.65. The van der Waals surface area contributed by atoms with E-state index >= 15 is 0 Å². The number of rotatable bonds is 4. The van der Waals surface area contributed by atoms with Crippen molar-refractivity contribution in [3.63, 3.8) is 0 Å². The van der Waals surface area contributed by atoms with Gasteiger partial charge in [0.05, 0.1) is 18.5 Å². The molecule has 3 heterocycles. The Hall–Kier alpha value is -3.52. The first-order chi connectivity index (χ1) is 13.5. The standard InChI is InChI=1S/C20H16N4O3S/c1-12-17(19(26)27-2)28-20(21-12)23-18(25)14-8-9-24-11-15(22-16(24)10-14)13-6-4-3-5-7-13/h3-11H,1-2H3,(H,21,23,25). The van der Waals surface area contributed by atoms with Gasteiger partial charge in [0, 0.05) is 23.5 Å². The molecule has 0 saturated heterocycles. The number of thiazole rings is 1. The maximum Gasteiger partial charge on any atom is 0.350 e. The molecular formula is C20H16N4O3S. The van der Waals surface area contributed by atoms with Crippen LogP contribution in [0, 0.1) is 6.92 Å². The Morgan fingerprint density at radius 3 is 2.68 bits per heavy atom. The van der Waals surface area contributed by atoms with E-state index in [1.54, 1.807) is 25.3 Å². The van der Waals surface area contributed by atoms with Crippen LogP contribution in [-0.4, -0.2) is 33.4 Å². The van der Waals surface area contributed by atoms with Crippen molar-refractivity contribution >= 4 is 34.0 Å². The minimum absolute atomic E-state index is 0.322. The third-order valence-electron chi connectivity index (χ3n) is 4.18. The van der Waals surface area contributed by atoms with E-state index in [0.717, 1.165) is 22.6 Å². The normalized spacial score (nSPS) is 10.8. The Labute approximate surface area is 164 Å². The molecule has 8 heteroatoms. The molecule has 7 nitrogen and oxygen atoms in total. The highest BCUT2D eigenvalue weighted by molar-refractivity contribution is 7.17. The lowest BCUT2D eigenvalue weighted by Gasteiger charge is -2.02. The quantitative estimate of drug-likeness (QED) is 0.534. The van der Waals surface area contributed by atoms with Crippen LogP contribution in [0.25, 0.3) is 16.9 Å². The third kappa shape index (κ3) is 3.37. The zero-order valence-corrected chi connectivity index (χ0v) is 16.0. The van der Waals surface area contributed by atoms with Gasteiger partial charge in [-0.05, 0) is 19.1 Å². The number of imidazole rings is 1. The van der Waals surface area contributed by atoms with Crippen molar-refractivity contribution in [1.29, 1.82) is 0 Å². The largest absolute Gasteiger partial charge is 0.465 e. The van der Waals surface area contributed by atoms with Gasteiger partial charge in [0.1, 0.15) is 10.5 Å². The predicted octanol–water partition coefficient (Wildman–Crippen LogP) is 3.81. The van der Waals surface area contributed by atoms with Crippen LogP contribution in [0.2, 0.25) is 0 Å². The molecule has 1 N–H and O–H groups in total. The predicted molar refractivity (Wildman–Crippen MR) is 107 cm³/mol. The van der Waals surface area contributed by atoms with Gasteiger partial charge in [0.25, 0.3) is 5.91 Å². The number of carbonyl (C=O) groups is 2. The van der Waals surface area contributed by atoms with E-state index < -0.39 is 5.97 Å². The summed E-state index contributed by atoms with van der Waals surface area (Å²) < 4.78 is 6.58. The number of aryl methyl sites for hydroxylation is 1. The number of fused-ring (bicyclic) bond motifs is 1. The van der Waals surface area contributed by atoms with Gasteiger partial charge in [-0.2, -0.15) is 0 Å². The van der Waals surface area contributed by atoms with Crippen molar-refractivity contribution in [2.45, 2.75) is 6.92 Å². The average Bonchev–Trinajstić information content (AvgIpc) is 3.30. The lowest BCUT2D eigenvalue weighted by Crippen LogP contribution is -2.12. The Kier molecular flexibility index (Phi) is 4.62. The molecule has 0 bridgehead atoms. The number of hydrogen-bond donors (Lipinski definition) is 1. The van der Waals surface area contributed by atoms with Gasteiger partial charge in [-0.1, -0.05) is 41.7 Å². The van der Waals surface area contributed by atoms with Crippen LogP contribution in [0.3, 0.4) is 0 Å². The molecule has 28 heavy (non-hydrogen) atoms. The first-order valence-corrected chi connectivity index (χ1v) is 9.28. The summed E-state index contributed by atoms with van der Waals surface area (Å²) in [7, 11) is 1.31. The third-order valence-corrected chi connectivity index (χ3v) is 5.23. The number of aromatic nitrogens is 3. The summed E-state index contributed by atoms with van der Waals surface area (Å²) >= 11 is 1.08. The van der Waals surface area contributed by atoms with E-state index in [9.17, 15) is 9.59 Å². The minimum Gasteiger partial charge on any atom is -0.465 e. The summed E-state index contributed by atoms with van der Waals surface area (Å²) in [6, 6.07) is 13.3. The van der Waals surface area contributed by atoms with Crippen molar-refractivity contribution in [3.05, 3.63) is 71.0 Å². The van der Waals surface area contributed by atoms with Crippen LogP contribution in [-0.2, 0) is 4.74 Å². The van der Waals surface area contributed by atoms with Crippen LogP contribution in [0.15, 0.2) is 54.9 Å². The van der Waals surface area contributed by atoms with E-state index in [-0.39, 0.29) is 5.91 Å². The van der Waals surface area contributed by atoms with E-state index in [1.165, 1.54) is 7.11 Å². The van der Waals surface area contributed by atoms with Gasteiger partial charge in [-0.25, -0.2) is 14.8 Å². The molecule has 4 rings (SSSR count). The van der Waals surface area contributed by atoms with E-state index in [0.29, 0.717) is 26.9 Å². The van der Waals surface area contributed by atoms with E-state index in [4.69, 9.17) is 4.74 Å². The van der Waals surface area contributed by atoms with Crippen LogP contribution >= 0.6 is 11.3 Å². The van der Waals surface area contributed by atoms with Crippen molar-refractivity contribution in [2.24, 2.45) is 0 Å². The molecule has 3 aromatic heterocycles. The Bertz CT molecular complexity index is 1180. The Morgan fingerprint density at radius 1 is 1.14 bits per heavy atom. The number of methoxy groups -OCH3 is 1. The topological polar surface area (TPSA) is 85.6 Å². The second-order valence-corrected chi connectivity index (χ2v) is 7.05. The van der Waals surface area contributed by atoms with Crippen LogP contribution in [0.5, 0.6) is 0 Å². The molecule has 140 valence electrons. The molecule has 0 spiro atoms. The number of amides is 1. The van der Waals surface area contributed by atoms with Gasteiger partial charge in [0.2, 0.25) is 0 Å². The van der Waals surface area contributed by atoms with Crippen molar-refractivity contribution in [3.8, 4) is 11.3 Å². The number of carbonyl (C=O) groups excluding carboxylic acids is 2. The summed E-state index contributed by atoms with van der Waals surface area (Å²) in [4.78, 5) is 33.5. The fourth-order valence-electron chi connectivity index (χ4n) is 2.77. The second kappa shape index (κ2) is 7.24. The molecule has 1 amide bonds. The Morgan fingerprint density at radius 2 is 1.93 bits per heavy atom. The summed E-state index contributed by atoms with van der Waals surface area (Å²) in [5, 5.41) is 3.07. The molecule has 0 aliphatic rings. The number of ether oxygens (including phenoxy) is 1. The number of esters is 1.